The average molecular weight is 414 g/mol. The number of hydrogen-bond acceptors (Lipinski definition) is 5. The van der Waals surface area contributed by atoms with Crippen molar-refractivity contribution >= 4 is 11.5 Å². The lowest BCUT2D eigenvalue weighted by atomic mass is 10.1. The maximum Gasteiger partial charge on any atom is 0.161 e. The molecule has 30 heavy (non-hydrogen) atoms. The first-order valence-electron chi connectivity index (χ1n) is 10.5. The molecule has 0 aliphatic carbocycles. The molecule has 1 heterocycles. The molecule has 162 valence electrons. The second-order valence-electron chi connectivity index (χ2n) is 8.05. The number of anilines is 1. The van der Waals surface area contributed by atoms with E-state index in [4.69, 9.17) is 9.47 Å². The lowest BCUT2D eigenvalue weighted by molar-refractivity contribution is -0.903. The number of quaternary nitrogens is 1. The van der Waals surface area contributed by atoms with E-state index in [1.54, 1.807) is 25.3 Å². The molecule has 0 aromatic heterocycles. The largest absolute Gasteiger partial charge is 0.493 e. The minimum Gasteiger partial charge on any atom is -0.493 e. The van der Waals surface area contributed by atoms with Crippen molar-refractivity contribution in [2.45, 2.75) is 26.9 Å². The molecule has 0 saturated carbocycles. The van der Waals surface area contributed by atoms with Gasteiger partial charge in [-0.3, -0.25) is 4.79 Å². The summed E-state index contributed by atoms with van der Waals surface area (Å²) in [7, 11) is 1.54. The molecule has 1 saturated heterocycles. The van der Waals surface area contributed by atoms with Crippen LogP contribution in [0.5, 0.6) is 11.5 Å². The van der Waals surface area contributed by atoms with Gasteiger partial charge in [-0.2, -0.15) is 0 Å². The van der Waals surface area contributed by atoms with Crippen LogP contribution >= 0.6 is 0 Å². The number of rotatable bonds is 8. The van der Waals surface area contributed by atoms with E-state index in [9.17, 15) is 9.90 Å². The van der Waals surface area contributed by atoms with E-state index in [0.29, 0.717) is 23.6 Å². The van der Waals surface area contributed by atoms with E-state index in [1.807, 2.05) is 0 Å². The maximum absolute atomic E-state index is 11.5. The van der Waals surface area contributed by atoms with Crippen LogP contribution in [-0.4, -0.2) is 63.4 Å². The Kier molecular flexibility index (Phi) is 7.34. The summed E-state index contributed by atoms with van der Waals surface area (Å²) in [5, 5.41) is 10.5. The van der Waals surface area contributed by atoms with Gasteiger partial charge in [0.15, 0.2) is 17.3 Å². The minimum atomic E-state index is -0.565. The number of nitrogens with one attached hydrogen (secondary N) is 1. The molecule has 1 aliphatic heterocycles. The van der Waals surface area contributed by atoms with Gasteiger partial charge in [-0.05, 0) is 56.2 Å². The molecule has 0 unspecified atom stereocenters. The maximum atomic E-state index is 11.5. The van der Waals surface area contributed by atoms with Crippen molar-refractivity contribution in [3.05, 3.63) is 53.1 Å². The zero-order valence-electron chi connectivity index (χ0n) is 18.4. The van der Waals surface area contributed by atoms with E-state index in [2.05, 4.69) is 36.9 Å². The number of ketones is 1. The van der Waals surface area contributed by atoms with Crippen LogP contribution in [0.3, 0.4) is 0 Å². The van der Waals surface area contributed by atoms with Gasteiger partial charge in [0, 0.05) is 11.3 Å². The molecule has 6 heteroatoms. The van der Waals surface area contributed by atoms with Crippen LogP contribution in [0.4, 0.5) is 5.69 Å². The summed E-state index contributed by atoms with van der Waals surface area (Å²) in [6, 6.07) is 11.6. The van der Waals surface area contributed by atoms with Crippen LogP contribution in [0.2, 0.25) is 0 Å². The minimum absolute atomic E-state index is 0.0246. The quantitative estimate of drug-likeness (QED) is 0.645. The molecule has 0 bridgehead atoms. The standard InChI is InChI=1S/C24H32N2O4/c1-17-6-5-7-22(18(17)2)26-12-10-25(11-13-26)15-21(28)16-30-23-9-8-20(19(3)27)14-24(23)29-4/h5-9,14,21,28H,10-13,15-16H2,1-4H3/p+1/t21-/m1/s1. The second-order valence-corrected chi connectivity index (χ2v) is 8.05. The molecule has 2 aromatic carbocycles. The highest BCUT2D eigenvalue weighted by Crippen LogP contribution is 2.28. The fraction of sp³-hybridized carbons (Fsp3) is 0.458. The van der Waals surface area contributed by atoms with Crippen LogP contribution in [0.15, 0.2) is 36.4 Å². The fourth-order valence-corrected chi connectivity index (χ4v) is 3.93. The number of hydrogen-bond donors (Lipinski definition) is 2. The van der Waals surface area contributed by atoms with Crippen LogP contribution in [0.1, 0.15) is 28.4 Å². The number of benzene rings is 2. The SMILES string of the molecule is COc1cc(C(C)=O)ccc1OC[C@H](O)C[NH+]1CCN(c2cccc(C)c2C)CC1. The lowest BCUT2D eigenvalue weighted by Gasteiger charge is -2.35. The number of aliphatic hydroxyl groups excluding tert-OH is 1. The Labute approximate surface area is 179 Å². The van der Waals surface area contributed by atoms with Crippen LogP contribution in [-0.2, 0) is 0 Å². The Morgan fingerprint density at radius 1 is 1.17 bits per heavy atom. The molecular weight excluding hydrogens is 380 g/mol. The Balaban J connectivity index is 1.49. The number of nitrogens with zero attached hydrogens (tertiary/aromatic N) is 1. The van der Waals surface area contributed by atoms with E-state index < -0.39 is 6.10 Å². The van der Waals surface area contributed by atoms with E-state index >= 15 is 0 Å². The number of aryl methyl sites for hydroxylation is 1. The van der Waals surface area contributed by atoms with Crippen molar-refractivity contribution in [1.29, 1.82) is 0 Å². The Morgan fingerprint density at radius 3 is 2.57 bits per heavy atom. The monoisotopic (exact) mass is 413 g/mol. The van der Waals surface area contributed by atoms with Crippen molar-refractivity contribution in [3.8, 4) is 11.5 Å². The van der Waals surface area contributed by atoms with Gasteiger partial charge in [-0.15, -0.1) is 0 Å². The van der Waals surface area contributed by atoms with E-state index in [1.165, 1.54) is 28.6 Å². The van der Waals surface area contributed by atoms with Gasteiger partial charge in [-0.1, -0.05) is 12.1 Å². The number of aliphatic hydroxyl groups is 1. The first-order valence-corrected chi connectivity index (χ1v) is 10.5. The summed E-state index contributed by atoms with van der Waals surface area (Å²) in [4.78, 5) is 15.3. The molecule has 0 spiro atoms. The first-order chi connectivity index (χ1) is 14.4. The van der Waals surface area contributed by atoms with Gasteiger partial charge in [0.05, 0.1) is 33.3 Å². The molecule has 1 fully saturated rings. The summed E-state index contributed by atoms with van der Waals surface area (Å²) >= 11 is 0. The summed E-state index contributed by atoms with van der Waals surface area (Å²) < 4.78 is 11.1. The summed E-state index contributed by atoms with van der Waals surface area (Å²) in [5.41, 5.74) is 4.56. The number of ether oxygens (including phenoxy) is 2. The third-order valence-corrected chi connectivity index (χ3v) is 5.91. The van der Waals surface area contributed by atoms with Crippen molar-refractivity contribution in [1.82, 2.24) is 0 Å². The number of carbonyl (C=O) groups is 1. The van der Waals surface area contributed by atoms with Gasteiger partial charge < -0.3 is 24.4 Å². The van der Waals surface area contributed by atoms with Gasteiger partial charge in [0.2, 0.25) is 0 Å². The van der Waals surface area contributed by atoms with Gasteiger partial charge in [0.1, 0.15) is 19.3 Å². The predicted molar refractivity (Wildman–Crippen MR) is 118 cm³/mol. The van der Waals surface area contributed by atoms with Crippen molar-refractivity contribution in [2.24, 2.45) is 0 Å². The van der Waals surface area contributed by atoms with Crippen molar-refractivity contribution in [2.75, 3.05) is 51.3 Å². The van der Waals surface area contributed by atoms with Gasteiger partial charge >= 0.3 is 0 Å². The molecule has 3 rings (SSSR count). The fourth-order valence-electron chi connectivity index (χ4n) is 3.93. The molecular formula is C24H33N2O4+. The molecule has 2 N–H and O–H groups in total. The summed E-state index contributed by atoms with van der Waals surface area (Å²) in [5.74, 6) is 1.02. The molecule has 1 aliphatic rings. The molecule has 0 amide bonds. The number of Topliss-reactive ketones (excluding diaryl/α,β-unsaturated/α-hetero) is 1. The summed E-state index contributed by atoms with van der Waals surface area (Å²) in [6.07, 6.45) is -0.565. The van der Waals surface area contributed by atoms with Crippen molar-refractivity contribution in [3.63, 3.8) is 0 Å². The molecule has 0 radical (unpaired) electrons. The normalized spacial score (nSPS) is 15.7. The number of methoxy groups -OCH3 is 1. The number of piperazine rings is 1. The van der Waals surface area contributed by atoms with Crippen LogP contribution < -0.4 is 19.3 Å². The highest BCUT2D eigenvalue weighted by Gasteiger charge is 2.24. The zero-order chi connectivity index (χ0) is 21.7. The Bertz CT molecular complexity index is 876. The average Bonchev–Trinajstić information content (AvgIpc) is 2.74. The van der Waals surface area contributed by atoms with Gasteiger partial charge in [-0.25, -0.2) is 0 Å². The van der Waals surface area contributed by atoms with Crippen LogP contribution in [0, 0.1) is 13.8 Å². The molecule has 6 nitrogen and oxygen atoms in total. The van der Waals surface area contributed by atoms with Crippen molar-refractivity contribution < 1.29 is 24.3 Å². The zero-order valence-corrected chi connectivity index (χ0v) is 18.4. The lowest BCUT2D eigenvalue weighted by Crippen LogP contribution is -3.16. The first kappa shape index (κ1) is 22.1. The highest BCUT2D eigenvalue weighted by atomic mass is 16.5. The number of carbonyl (C=O) groups excluding carboxylic acids is 1. The van der Waals surface area contributed by atoms with E-state index in [0.717, 1.165) is 26.2 Å². The summed E-state index contributed by atoms with van der Waals surface area (Å²) in [6.45, 7) is 10.6. The van der Waals surface area contributed by atoms with Crippen LogP contribution in [0.25, 0.3) is 0 Å². The third-order valence-electron chi connectivity index (χ3n) is 5.91. The van der Waals surface area contributed by atoms with Gasteiger partial charge in [0.25, 0.3) is 0 Å². The Morgan fingerprint density at radius 2 is 1.90 bits per heavy atom. The predicted octanol–water partition coefficient (Wildman–Crippen LogP) is 1.66. The third kappa shape index (κ3) is 5.32. The smallest absolute Gasteiger partial charge is 0.161 e. The second kappa shape index (κ2) is 9.96. The highest BCUT2D eigenvalue weighted by molar-refractivity contribution is 5.94. The molecule has 2 aromatic rings. The Hall–Kier alpha value is -2.57. The molecule has 1 atom stereocenters. The van der Waals surface area contributed by atoms with E-state index in [-0.39, 0.29) is 12.4 Å². The topological polar surface area (TPSA) is 63.4 Å².